The van der Waals surface area contributed by atoms with E-state index < -0.39 is 0 Å². The van der Waals surface area contributed by atoms with Crippen LogP contribution in [0.2, 0.25) is 0 Å². The number of aromatic hydroxyl groups is 2. The van der Waals surface area contributed by atoms with E-state index in [2.05, 4.69) is 17.0 Å². The minimum Gasteiger partial charge on any atom is -0.508 e. The van der Waals surface area contributed by atoms with Crippen molar-refractivity contribution in [2.75, 3.05) is 26.3 Å². The first-order valence-electron chi connectivity index (χ1n) is 12.0. The van der Waals surface area contributed by atoms with Crippen molar-refractivity contribution in [2.24, 2.45) is 0 Å². The molecule has 3 aromatic carbocycles. The maximum atomic E-state index is 12.5. The molecule has 0 bridgehead atoms. The van der Waals surface area contributed by atoms with Crippen LogP contribution in [-0.4, -0.2) is 47.5 Å². The molecule has 176 valence electrons. The van der Waals surface area contributed by atoms with E-state index >= 15 is 0 Å². The summed E-state index contributed by atoms with van der Waals surface area (Å²) < 4.78 is 18.7. The highest BCUT2D eigenvalue weighted by molar-refractivity contribution is 6.01. The average Bonchev–Trinajstić information content (AvgIpc) is 3.30. The Morgan fingerprint density at radius 2 is 1.62 bits per heavy atom. The van der Waals surface area contributed by atoms with Crippen molar-refractivity contribution >= 4 is 11.1 Å². The lowest BCUT2D eigenvalue weighted by Gasteiger charge is -2.25. The topological polar surface area (TPSA) is 52.9 Å². The zero-order chi connectivity index (χ0) is 23.5. The molecule has 0 aromatic heterocycles. The van der Waals surface area contributed by atoms with Gasteiger partial charge in [0.25, 0.3) is 0 Å². The summed E-state index contributed by atoms with van der Waals surface area (Å²) in [4.78, 5) is 2.26. The Kier molecular flexibility index (Phi) is 6.54. The summed E-state index contributed by atoms with van der Waals surface area (Å²) in [5.41, 5.74) is 6.70. The van der Waals surface area contributed by atoms with Crippen molar-refractivity contribution in [1.82, 2.24) is 4.90 Å². The molecule has 4 nitrogen and oxygen atoms in total. The third kappa shape index (κ3) is 4.80. The maximum Gasteiger partial charge on any atom is 0.119 e. The van der Waals surface area contributed by atoms with Gasteiger partial charge in [-0.3, -0.25) is 9.29 Å². The quantitative estimate of drug-likeness (QED) is 0.468. The second-order valence-corrected chi connectivity index (χ2v) is 9.14. The average molecular weight is 460 g/mol. The van der Waals surface area contributed by atoms with Gasteiger partial charge in [0.1, 0.15) is 23.4 Å². The fourth-order valence-corrected chi connectivity index (χ4v) is 5.12. The number of fused-ring (bicyclic) bond motifs is 1. The van der Waals surface area contributed by atoms with Crippen LogP contribution in [0.25, 0.3) is 11.1 Å². The van der Waals surface area contributed by atoms with Gasteiger partial charge >= 0.3 is 0 Å². The monoisotopic (exact) mass is 459 g/mol. The molecule has 0 spiro atoms. The lowest BCUT2D eigenvalue weighted by molar-refractivity contribution is 0.198. The minimum absolute atomic E-state index is 0.129. The number of likely N-dealkylation sites (tertiary alicyclic amines) is 1. The van der Waals surface area contributed by atoms with Gasteiger partial charge in [0.05, 0.1) is 6.67 Å². The molecular formula is C29H30FNO3. The molecule has 2 N–H and O–H groups in total. The smallest absolute Gasteiger partial charge is 0.119 e. The van der Waals surface area contributed by atoms with Gasteiger partial charge in [-0.05, 0) is 95.5 Å². The van der Waals surface area contributed by atoms with Crippen LogP contribution in [-0.2, 0) is 6.42 Å². The molecule has 3 aromatic rings. The molecule has 0 saturated carbocycles. The Labute approximate surface area is 199 Å². The predicted molar refractivity (Wildman–Crippen MR) is 133 cm³/mol. The number of ether oxygens (including phenoxy) is 1. The van der Waals surface area contributed by atoms with E-state index in [1.807, 2.05) is 36.4 Å². The number of benzene rings is 3. The number of phenolic OH excluding ortho intramolecular Hbond substituents is 2. The van der Waals surface area contributed by atoms with Crippen LogP contribution in [0.4, 0.5) is 4.39 Å². The molecule has 5 heteroatoms. The van der Waals surface area contributed by atoms with Crippen molar-refractivity contribution in [3.05, 3.63) is 89.0 Å². The summed E-state index contributed by atoms with van der Waals surface area (Å²) in [5, 5.41) is 20.0. The van der Waals surface area contributed by atoms with E-state index in [-0.39, 0.29) is 24.3 Å². The number of halogens is 1. The number of nitrogens with zero attached hydrogens (tertiary/aromatic N) is 1. The van der Waals surface area contributed by atoms with Crippen molar-refractivity contribution < 1.29 is 19.3 Å². The molecule has 5 rings (SSSR count). The van der Waals surface area contributed by atoms with Gasteiger partial charge < -0.3 is 14.9 Å². The van der Waals surface area contributed by atoms with Gasteiger partial charge in [0.2, 0.25) is 0 Å². The molecule has 1 atom stereocenters. The van der Waals surface area contributed by atoms with E-state index in [4.69, 9.17) is 4.74 Å². The first kappa shape index (κ1) is 22.5. The standard InChI is InChI=1S/C29H30FNO3/c30-15-1-16-31-17-14-26(19-31)34-25-11-5-22(6-12-25)29-27(20-2-8-23(32)9-3-20)13-7-21-4-10-24(33)18-28(21)29/h2-6,8-12,18,26,32-33H,1,7,13-17,19H2/t26-/m0/s1. The number of hydrogen-bond acceptors (Lipinski definition) is 4. The lowest BCUT2D eigenvalue weighted by atomic mass is 9.79. The third-order valence-corrected chi connectivity index (χ3v) is 6.81. The summed E-state index contributed by atoms with van der Waals surface area (Å²) in [6.07, 6.45) is 3.45. The van der Waals surface area contributed by atoms with Crippen LogP contribution >= 0.6 is 0 Å². The van der Waals surface area contributed by atoms with E-state index in [1.165, 1.54) is 11.1 Å². The SMILES string of the molecule is Oc1ccc(C2=C(c3ccc(O[C@H]4CCN(CCCF)C4)cc3)c3cc(O)ccc3CC2)cc1. The fourth-order valence-electron chi connectivity index (χ4n) is 5.12. The van der Waals surface area contributed by atoms with Crippen LogP contribution in [0.1, 0.15) is 41.5 Å². The molecule has 0 radical (unpaired) electrons. The Bertz CT molecular complexity index is 1170. The number of phenols is 2. The largest absolute Gasteiger partial charge is 0.508 e. The summed E-state index contributed by atoms with van der Waals surface area (Å²) >= 11 is 0. The summed E-state index contributed by atoms with van der Waals surface area (Å²) in [7, 11) is 0. The first-order chi connectivity index (χ1) is 16.6. The highest BCUT2D eigenvalue weighted by Crippen LogP contribution is 2.42. The van der Waals surface area contributed by atoms with Crippen molar-refractivity contribution in [3.63, 3.8) is 0 Å². The molecule has 1 aliphatic carbocycles. The molecule has 0 unspecified atom stereocenters. The number of hydrogen-bond donors (Lipinski definition) is 2. The zero-order valence-electron chi connectivity index (χ0n) is 19.2. The van der Waals surface area contributed by atoms with Gasteiger partial charge in [-0.15, -0.1) is 0 Å². The van der Waals surface area contributed by atoms with Crippen LogP contribution < -0.4 is 4.74 Å². The van der Waals surface area contributed by atoms with E-state index in [9.17, 15) is 14.6 Å². The van der Waals surface area contributed by atoms with Crippen LogP contribution in [0.3, 0.4) is 0 Å². The van der Waals surface area contributed by atoms with Gasteiger partial charge in [0.15, 0.2) is 0 Å². The van der Waals surface area contributed by atoms with Gasteiger partial charge in [-0.25, -0.2) is 0 Å². The summed E-state index contributed by atoms with van der Waals surface area (Å²) in [6.45, 7) is 2.30. The summed E-state index contributed by atoms with van der Waals surface area (Å²) in [5.74, 6) is 1.33. The predicted octanol–water partition coefficient (Wildman–Crippen LogP) is 5.82. The first-order valence-corrected chi connectivity index (χ1v) is 12.0. The van der Waals surface area contributed by atoms with Crippen LogP contribution in [0.15, 0.2) is 66.7 Å². The Morgan fingerprint density at radius 1 is 0.882 bits per heavy atom. The number of allylic oxidation sites excluding steroid dienone is 1. The van der Waals surface area contributed by atoms with E-state index in [0.29, 0.717) is 6.42 Å². The van der Waals surface area contributed by atoms with Gasteiger partial charge in [-0.1, -0.05) is 30.3 Å². The molecule has 2 aliphatic rings. The lowest BCUT2D eigenvalue weighted by Crippen LogP contribution is -2.26. The number of alkyl halides is 1. The third-order valence-electron chi connectivity index (χ3n) is 6.81. The second kappa shape index (κ2) is 9.90. The van der Waals surface area contributed by atoms with Crippen molar-refractivity contribution in [3.8, 4) is 17.2 Å². The van der Waals surface area contributed by atoms with Gasteiger partial charge in [0, 0.05) is 19.6 Å². The molecule has 1 aliphatic heterocycles. The Balaban J connectivity index is 1.44. The number of aryl methyl sites for hydroxylation is 1. The van der Waals surface area contributed by atoms with Crippen molar-refractivity contribution in [2.45, 2.75) is 31.8 Å². The highest BCUT2D eigenvalue weighted by Gasteiger charge is 2.25. The molecule has 1 fully saturated rings. The molecular weight excluding hydrogens is 429 g/mol. The maximum absolute atomic E-state index is 12.5. The number of rotatable bonds is 7. The fraction of sp³-hybridized carbons (Fsp3) is 0.310. The molecule has 1 heterocycles. The Hall–Kier alpha value is -3.31. The highest BCUT2D eigenvalue weighted by atomic mass is 19.1. The minimum atomic E-state index is -0.271. The normalized spacial score (nSPS) is 18.2. The molecule has 1 saturated heterocycles. The van der Waals surface area contributed by atoms with Gasteiger partial charge in [-0.2, -0.15) is 0 Å². The second-order valence-electron chi connectivity index (χ2n) is 9.14. The van der Waals surface area contributed by atoms with Crippen molar-refractivity contribution in [1.29, 1.82) is 0 Å². The summed E-state index contributed by atoms with van der Waals surface area (Å²) in [6, 6.07) is 21.1. The molecule has 0 amide bonds. The van der Waals surface area contributed by atoms with E-state index in [0.717, 1.165) is 66.9 Å². The van der Waals surface area contributed by atoms with E-state index in [1.54, 1.807) is 18.2 Å². The Morgan fingerprint density at radius 3 is 2.38 bits per heavy atom. The molecule has 34 heavy (non-hydrogen) atoms. The van der Waals surface area contributed by atoms with Crippen LogP contribution in [0.5, 0.6) is 17.2 Å². The zero-order valence-corrected chi connectivity index (χ0v) is 19.2. The van der Waals surface area contributed by atoms with Crippen LogP contribution in [0, 0.1) is 0 Å².